The smallest absolute Gasteiger partial charge is 0.227 e. The number of nitrogens with zero attached hydrogens (tertiary/aromatic N) is 1. The van der Waals surface area contributed by atoms with Crippen molar-refractivity contribution in [2.75, 3.05) is 20.2 Å². The van der Waals surface area contributed by atoms with Gasteiger partial charge in [-0.1, -0.05) is 13.0 Å². The summed E-state index contributed by atoms with van der Waals surface area (Å²) in [4.78, 5) is 16.7. The number of rotatable bonds is 5. The molecule has 1 unspecified atom stereocenters. The Labute approximate surface area is 120 Å². The molecule has 5 heteroatoms. The molecule has 0 saturated carbocycles. The summed E-state index contributed by atoms with van der Waals surface area (Å²) in [5.74, 6) is 0.693. The zero-order valence-electron chi connectivity index (χ0n) is 12.2. The van der Waals surface area contributed by atoms with E-state index in [1.54, 1.807) is 13.3 Å². The topological polar surface area (TPSA) is 63.2 Å². The molecule has 1 saturated heterocycles. The summed E-state index contributed by atoms with van der Waals surface area (Å²) in [6.45, 7) is 4.31. The monoisotopic (exact) mass is 277 g/mol. The first kappa shape index (κ1) is 14.8. The number of pyridine rings is 1. The van der Waals surface area contributed by atoms with Crippen molar-refractivity contribution >= 4 is 5.91 Å². The average molecular weight is 277 g/mol. The Morgan fingerprint density at radius 3 is 3.10 bits per heavy atom. The quantitative estimate of drug-likeness (QED) is 0.856. The fourth-order valence-electron chi connectivity index (χ4n) is 2.73. The maximum atomic E-state index is 12.5. The van der Waals surface area contributed by atoms with E-state index >= 15 is 0 Å². The molecule has 2 heterocycles. The molecule has 20 heavy (non-hydrogen) atoms. The number of carbonyl (C=O) groups is 1. The molecule has 1 aliphatic heterocycles. The van der Waals surface area contributed by atoms with E-state index in [-0.39, 0.29) is 11.3 Å². The summed E-state index contributed by atoms with van der Waals surface area (Å²) in [5, 5.41) is 6.37. The van der Waals surface area contributed by atoms with Crippen molar-refractivity contribution in [1.29, 1.82) is 0 Å². The summed E-state index contributed by atoms with van der Waals surface area (Å²) >= 11 is 0. The summed E-state index contributed by atoms with van der Waals surface area (Å²) in [6, 6.07) is 3.77. The van der Waals surface area contributed by atoms with Crippen LogP contribution < -0.4 is 15.4 Å². The Morgan fingerprint density at radius 1 is 1.60 bits per heavy atom. The molecule has 0 radical (unpaired) electrons. The molecule has 110 valence electrons. The van der Waals surface area contributed by atoms with Crippen LogP contribution in [0.5, 0.6) is 5.88 Å². The van der Waals surface area contributed by atoms with Crippen LogP contribution in [0.4, 0.5) is 0 Å². The maximum absolute atomic E-state index is 12.5. The molecule has 2 rings (SSSR count). The number of hydrogen-bond acceptors (Lipinski definition) is 4. The van der Waals surface area contributed by atoms with Gasteiger partial charge in [-0.05, 0) is 31.9 Å². The van der Waals surface area contributed by atoms with Gasteiger partial charge in [-0.3, -0.25) is 4.79 Å². The third kappa shape index (κ3) is 3.10. The zero-order valence-corrected chi connectivity index (χ0v) is 12.2. The first-order valence-electron chi connectivity index (χ1n) is 7.19. The Hall–Kier alpha value is -1.62. The van der Waals surface area contributed by atoms with Gasteiger partial charge < -0.3 is 15.4 Å². The van der Waals surface area contributed by atoms with Crippen molar-refractivity contribution in [3.63, 3.8) is 0 Å². The second kappa shape index (κ2) is 6.70. The van der Waals surface area contributed by atoms with Gasteiger partial charge in [-0.15, -0.1) is 0 Å². The average Bonchev–Trinajstić information content (AvgIpc) is 2.53. The van der Waals surface area contributed by atoms with E-state index in [4.69, 9.17) is 4.74 Å². The molecular formula is C15H23N3O2. The molecule has 1 aromatic rings. The number of hydrogen-bond donors (Lipinski definition) is 2. The summed E-state index contributed by atoms with van der Waals surface area (Å²) in [7, 11) is 1.59. The normalized spacial score (nSPS) is 22.3. The van der Waals surface area contributed by atoms with Gasteiger partial charge in [-0.25, -0.2) is 4.98 Å². The van der Waals surface area contributed by atoms with Crippen molar-refractivity contribution in [2.45, 2.75) is 32.7 Å². The molecular weight excluding hydrogens is 254 g/mol. The fourth-order valence-corrected chi connectivity index (χ4v) is 2.73. The van der Waals surface area contributed by atoms with Crippen molar-refractivity contribution in [2.24, 2.45) is 5.41 Å². The highest BCUT2D eigenvalue weighted by atomic mass is 16.5. The summed E-state index contributed by atoms with van der Waals surface area (Å²) in [5.41, 5.74) is 0.631. The highest BCUT2D eigenvalue weighted by molar-refractivity contribution is 5.83. The standard InChI is InChI=1S/C15H23N3O2/c1-3-15(7-5-8-16-11-15)14(19)18-10-12-6-4-9-17-13(12)20-2/h4,6,9,16H,3,5,7-8,10-11H2,1-2H3,(H,18,19). The minimum Gasteiger partial charge on any atom is -0.481 e. The van der Waals surface area contributed by atoms with Crippen molar-refractivity contribution in [3.8, 4) is 5.88 Å². The molecule has 0 aromatic carbocycles. The second-order valence-electron chi connectivity index (χ2n) is 5.27. The number of methoxy groups -OCH3 is 1. The van der Waals surface area contributed by atoms with Gasteiger partial charge in [0, 0.05) is 24.8 Å². The van der Waals surface area contributed by atoms with E-state index in [9.17, 15) is 4.79 Å². The van der Waals surface area contributed by atoms with E-state index in [1.165, 1.54) is 0 Å². The molecule has 0 bridgehead atoms. The lowest BCUT2D eigenvalue weighted by molar-refractivity contribution is -0.132. The predicted molar refractivity (Wildman–Crippen MR) is 77.5 cm³/mol. The van der Waals surface area contributed by atoms with Crippen LogP contribution in [0.2, 0.25) is 0 Å². The Bertz CT molecular complexity index is 456. The number of nitrogens with one attached hydrogen (secondary N) is 2. The predicted octanol–water partition coefficient (Wildman–Crippen LogP) is 1.49. The lowest BCUT2D eigenvalue weighted by Crippen LogP contribution is -2.50. The van der Waals surface area contributed by atoms with Crippen molar-refractivity contribution in [3.05, 3.63) is 23.9 Å². The van der Waals surface area contributed by atoms with Crippen LogP contribution >= 0.6 is 0 Å². The van der Waals surface area contributed by atoms with Gasteiger partial charge in [0.05, 0.1) is 12.5 Å². The second-order valence-corrected chi connectivity index (χ2v) is 5.27. The van der Waals surface area contributed by atoms with Crippen LogP contribution in [-0.2, 0) is 11.3 Å². The minimum atomic E-state index is -0.270. The minimum absolute atomic E-state index is 0.123. The SMILES string of the molecule is CCC1(C(=O)NCc2cccnc2OC)CCCNC1. The first-order valence-corrected chi connectivity index (χ1v) is 7.19. The van der Waals surface area contributed by atoms with Crippen LogP contribution in [0.1, 0.15) is 31.7 Å². The molecule has 2 N–H and O–H groups in total. The van der Waals surface area contributed by atoms with E-state index in [1.807, 2.05) is 12.1 Å². The Kier molecular flexibility index (Phi) is 4.95. The highest BCUT2D eigenvalue weighted by Crippen LogP contribution is 2.30. The Morgan fingerprint density at radius 2 is 2.45 bits per heavy atom. The Balaban J connectivity index is 2.00. The highest BCUT2D eigenvalue weighted by Gasteiger charge is 2.37. The summed E-state index contributed by atoms with van der Waals surface area (Å²) in [6.07, 6.45) is 4.54. The first-order chi connectivity index (χ1) is 9.72. The van der Waals surface area contributed by atoms with E-state index in [0.717, 1.165) is 37.9 Å². The molecule has 1 aromatic heterocycles. The van der Waals surface area contributed by atoms with Gasteiger partial charge in [0.1, 0.15) is 0 Å². The number of ether oxygens (including phenoxy) is 1. The summed E-state index contributed by atoms with van der Waals surface area (Å²) < 4.78 is 5.20. The number of carbonyl (C=O) groups excluding carboxylic acids is 1. The molecule has 1 fully saturated rings. The van der Waals surface area contributed by atoms with Crippen LogP contribution in [0, 0.1) is 5.41 Å². The lowest BCUT2D eigenvalue weighted by atomic mass is 9.77. The maximum Gasteiger partial charge on any atom is 0.227 e. The molecule has 1 aliphatic rings. The van der Waals surface area contributed by atoms with Gasteiger partial charge in [0.25, 0.3) is 0 Å². The van der Waals surface area contributed by atoms with Gasteiger partial charge in [0.2, 0.25) is 11.8 Å². The molecule has 1 amide bonds. The van der Waals surface area contributed by atoms with Crippen LogP contribution in [0.3, 0.4) is 0 Å². The van der Waals surface area contributed by atoms with Crippen LogP contribution in [0.15, 0.2) is 18.3 Å². The largest absolute Gasteiger partial charge is 0.481 e. The lowest BCUT2D eigenvalue weighted by Gasteiger charge is -2.35. The number of aromatic nitrogens is 1. The zero-order chi connectivity index (χ0) is 14.4. The van der Waals surface area contributed by atoms with Gasteiger partial charge >= 0.3 is 0 Å². The van der Waals surface area contributed by atoms with E-state index < -0.39 is 0 Å². The van der Waals surface area contributed by atoms with E-state index in [0.29, 0.717) is 12.4 Å². The third-order valence-electron chi connectivity index (χ3n) is 4.11. The van der Waals surface area contributed by atoms with E-state index in [2.05, 4.69) is 22.5 Å². The van der Waals surface area contributed by atoms with Crippen molar-refractivity contribution in [1.82, 2.24) is 15.6 Å². The van der Waals surface area contributed by atoms with Crippen LogP contribution in [0.25, 0.3) is 0 Å². The fraction of sp³-hybridized carbons (Fsp3) is 0.600. The molecule has 0 spiro atoms. The third-order valence-corrected chi connectivity index (χ3v) is 4.11. The van der Waals surface area contributed by atoms with Crippen molar-refractivity contribution < 1.29 is 9.53 Å². The van der Waals surface area contributed by atoms with Crippen LogP contribution in [-0.4, -0.2) is 31.1 Å². The van der Waals surface area contributed by atoms with Gasteiger partial charge in [0.15, 0.2) is 0 Å². The number of piperidine rings is 1. The molecule has 1 atom stereocenters. The molecule has 0 aliphatic carbocycles. The molecule has 5 nitrogen and oxygen atoms in total. The number of amides is 1. The van der Waals surface area contributed by atoms with Gasteiger partial charge in [-0.2, -0.15) is 0 Å².